The number of hydrogen-bond donors (Lipinski definition) is 2. The molecule has 1 heterocycles. The lowest BCUT2D eigenvalue weighted by molar-refractivity contribution is 0.0916. The van der Waals surface area contributed by atoms with E-state index in [0.29, 0.717) is 12.5 Å². The van der Waals surface area contributed by atoms with E-state index in [0.717, 1.165) is 0 Å². The molecule has 0 bridgehead atoms. The fraction of sp³-hybridized carbons (Fsp3) is 0.500. The molecule has 1 aromatic rings. The van der Waals surface area contributed by atoms with Crippen LogP contribution in [0, 0.1) is 5.92 Å². The van der Waals surface area contributed by atoms with Crippen LogP contribution in [0.2, 0.25) is 0 Å². The molecular weight excluding hydrogens is 244 g/mol. The van der Waals surface area contributed by atoms with Gasteiger partial charge >= 0.3 is 0 Å². The monoisotopic (exact) mass is 260 g/mol. The number of carbonyl (C=O) groups is 1. The van der Waals surface area contributed by atoms with Crippen molar-refractivity contribution in [1.29, 1.82) is 0 Å². The van der Waals surface area contributed by atoms with Crippen molar-refractivity contribution < 1.29 is 17.6 Å². The summed E-state index contributed by atoms with van der Waals surface area (Å²) in [4.78, 5) is 11.6. The lowest BCUT2D eigenvalue weighted by Gasteiger charge is -2.05. The Morgan fingerprint density at radius 3 is 2.59 bits per heavy atom. The second-order valence-electron chi connectivity index (χ2n) is 3.93. The molecule has 7 heteroatoms. The van der Waals surface area contributed by atoms with Crippen LogP contribution in [0.1, 0.15) is 24.4 Å². The molecule has 0 unspecified atom stereocenters. The van der Waals surface area contributed by atoms with Crippen LogP contribution in [0.3, 0.4) is 0 Å². The van der Waals surface area contributed by atoms with E-state index < -0.39 is 15.9 Å². The minimum absolute atomic E-state index is 0.0144. The summed E-state index contributed by atoms with van der Waals surface area (Å²) in [5, 5.41) is 2.36. The third kappa shape index (κ3) is 3.57. The molecular formula is C10H16N2O4S. The number of carbonyl (C=O) groups excluding carboxylic acids is 1. The summed E-state index contributed by atoms with van der Waals surface area (Å²) in [6, 6.07) is 2.58. The predicted molar refractivity (Wildman–Crippen MR) is 62.1 cm³/mol. The third-order valence-corrected chi connectivity index (χ3v) is 3.30. The van der Waals surface area contributed by atoms with Crippen LogP contribution in [0.5, 0.6) is 0 Å². The van der Waals surface area contributed by atoms with Gasteiger partial charge in [0.15, 0.2) is 5.76 Å². The van der Waals surface area contributed by atoms with Gasteiger partial charge in [-0.2, -0.15) is 0 Å². The maximum Gasteiger partial charge on any atom is 0.287 e. The van der Waals surface area contributed by atoms with E-state index in [1.807, 2.05) is 13.8 Å². The highest BCUT2D eigenvalue weighted by molar-refractivity contribution is 7.89. The zero-order valence-electron chi connectivity index (χ0n) is 9.98. The van der Waals surface area contributed by atoms with Gasteiger partial charge in [0.05, 0.1) is 0 Å². The molecule has 0 aliphatic carbocycles. The highest BCUT2D eigenvalue weighted by Gasteiger charge is 2.19. The van der Waals surface area contributed by atoms with Crippen LogP contribution < -0.4 is 10.0 Å². The van der Waals surface area contributed by atoms with Crippen molar-refractivity contribution in [1.82, 2.24) is 10.0 Å². The Morgan fingerprint density at radius 2 is 2.06 bits per heavy atom. The van der Waals surface area contributed by atoms with Gasteiger partial charge in [0, 0.05) is 6.54 Å². The fourth-order valence-corrected chi connectivity index (χ4v) is 1.72. The van der Waals surface area contributed by atoms with Gasteiger partial charge in [-0.15, -0.1) is 0 Å². The average molecular weight is 260 g/mol. The van der Waals surface area contributed by atoms with Gasteiger partial charge in [0.25, 0.3) is 15.9 Å². The van der Waals surface area contributed by atoms with Crippen LogP contribution in [0.15, 0.2) is 21.6 Å². The average Bonchev–Trinajstić information content (AvgIpc) is 2.75. The molecule has 17 heavy (non-hydrogen) atoms. The number of hydrogen-bond acceptors (Lipinski definition) is 4. The number of furan rings is 1. The molecule has 0 aliphatic heterocycles. The summed E-state index contributed by atoms with van der Waals surface area (Å²) in [6.07, 6.45) is 0. The first-order valence-corrected chi connectivity index (χ1v) is 6.66. The van der Waals surface area contributed by atoms with Crippen LogP contribution in [-0.2, 0) is 10.0 Å². The Hall–Kier alpha value is -1.34. The van der Waals surface area contributed by atoms with E-state index in [1.165, 1.54) is 19.2 Å². The maximum atomic E-state index is 11.6. The van der Waals surface area contributed by atoms with Crippen molar-refractivity contribution in [3.05, 3.63) is 17.9 Å². The predicted octanol–water partition coefficient (Wildman–Crippen LogP) is 0.573. The molecule has 0 fully saturated rings. The number of amides is 1. The van der Waals surface area contributed by atoms with Gasteiger partial charge in [0.1, 0.15) is 0 Å². The number of sulfonamides is 1. The minimum atomic E-state index is -3.64. The summed E-state index contributed by atoms with van der Waals surface area (Å²) in [6.45, 7) is 4.42. The molecule has 0 saturated heterocycles. The Labute approximate surface area is 100 Å². The zero-order chi connectivity index (χ0) is 13.1. The zero-order valence-corrected chi connectivity index (χ0v) is 10.8. The van der Waals surface area contributed by atoms with Crippen molar-refractivity contribution in [2.45, 2.75) is 18.9 Å². The second kappa shape index (κ2) is 5.33. The van der Waals surface area contributed by atoms with Crippen molar-refractivity contribution in [3.63, 3.8) is 0 Å². The highest BCUT2D eigenvalue weighted by atomic mass is 32.2. The third-order valence-electron chi connectivity index (χ3n) is 2.01. The van der Waals surface area contributed by atoms with E-state index >= 15 is 0 Å². The van der Waals surface area contributed by atoms with E-state index in [2.05, 4.69) is 10.0 Å². The van der Waals surface area contributed by atoms with Gasteiger partial charge in [-0.1, -0.05) is 13.8 Å². The number of rotatable bonds is 5. The first kappa shape index (κ1) is 13.7. The molecule has 2 N–H and O–H groups in total. The molecule has 1 rings (SSSR count). The molecule has 6 nitrogen and oxygen atoms in total. The summed E-state index contributed by atoms with van der Waals surface area (Å²) >= 11 is 0. The standard InChI is InChI=1S/C10H16N2O4S/c1-7(2)6-12-10(13)8-4-5-9(16-8)17(14,15)11-3/h4-5,7,11H,6H2,1-3H3,(H,12,13). The topological polar surface area (TPSA) is 88.4 Å². The van der Waals surface area contributed by atoms with Crippen molar-refractivity contribution in [2.75, 3.05) is 13.6 Å². The Bertz CT molecular complexity index is 490. The molecule has 0 aromatic carbocycles. The lowest BCUT2D eigenvalue weighted by atomic mass is 10.2. The van der Waals surface area contributed by atoms with E-state index in [9.17, 15) is 13.2 Å². The van der Waals surface area contributed by atoms with Crippen molar-refractivity contribution in [2.24, 2.45) is 5.92 Å². The molecule has 0 saturated carbocycles. The smallest absolute Gasteiger partial charge is 0.287 e. The first-order chi connectivity index (χ1) is 7.86. The van der Waals surface area contributed by atoms with Crippen LogP contribution >= 0.6 is 0 Å². The summed E-state index contributed by atoms with van der Waals surface area (Å²) in [7, 11) is -2.36. The van der Waals surface area contributed by atoms with Gasteiger partial charge in [-0.3, -0.25) is 4.79 Å². The fourth-order valence-electron chi connectivity index (χ4n) is 1.07. The molecule has 0 atom stereocenters. The molecule has 0 spiro atoms. The van der Waals surface area contributed by atoms with Crippen molar-refractivity contribution >= 4 is 15.9 Å². The maximum absolute atomic E-state index is 11.6. The van der Waals surface area contributed by atoms with Gasteiger partial charge in [-0.05, 0) is 25.1 Å². The van der Waals surface area contributed by atoms with Crippen LogP contribution in [0.4, 0.5) is 0 Å². The van der Waals surface area contributed by atoms with Crippen LogP contribution in [-0.4, -0.2) is 27.9 Å². The molecule has 0 aliphatic rings. The quantitative estimate of drug-likeness (QED) is 0.810. The SMILES string of the molecule is CNS(=O)(=O)c1ccc(C(=O)NCC(C)C)o1. The second-order valence-corrected chi connectivity index (χ2v) is 5.75. The first-order valence-electron chi connectivity index (χ1n) is 5.18. The Morgan fingerprint density at radius 1 is 1.41 bits per heavy atom. The largest absolute Gasteiger partial charge is 0.438 e. The molecule has 1 amide bonds. The van der Waals surface area contributed by atoms with E-state index in [1.54, 1.807) is 0 Å². The summed E-state index contributed by atoms with van der Waals surface area (Å²) in [5.74, 6) is -0.120. The summed E-state index contributed by atoms with van der Waals surface area (Å²) in [5.41, 5.74) is 0. The molecule has 96 valence electrons. The summed E-state index contributed by atoms with van der Waals surface area (Å²) < 4.78 is 29.8. The molecule has 1 aromatic heterocycles. The van der Waals surface area contributed by atoms with Crippen LogP contribution in [0.25, 0.3) is 0 Å². The van der Waals surface area contributed by atoms with Crippen molar-refractivity contribution in [3.8, 4) is 0 Å². The Balaban J connectivity index is 2.78. The van der Waals surface area contributed by atoms with Gasteiger partial charge in [0.2, 0.25) is 5.09 Å². The lowest BCUT2D eigenvalue weighted by Crippen LogP contribution is -2.27. The normalized spacial score (nSPS) is 11.8. The highest BCUT2D eigenvalue weighted by Crippen LogP contribution is 2.13. The minimum Gasteiger partial charge on any atom is -0.438 e. The van der Waals surface area contributed by atoms with E-state index in [4.69, 9.17) is 4.42 Å². The number of nitrogens with one attached hydrogen (secondary N) is 2. The Kier molecular flexibility index (Phi) is 4.30. The van der Waals surface area contributed by atoms with Gasteiger partial charge < -0.3 is 9.73 Å². The van der Waals surface area contributed by atoms with Gasteiger partial charge in [-0.25, -0.2) is 13.1 Å². The van der Waals surface area contributed by atoms with E-state index in [-0.39, 0.29) is 10.9 Å². The molecule has 0 radical (unpaired) electrons.